The molecule has 0 atom stereocenters. The van der Waals surface area contributed by atoms with Gasteiger partial charge in [0.25, 0.3) is 0 Å². The predicted molar refractivity (Wildman–Crippen MR) is 160 cm³/mol. The van der Waals surface area contributed by atoms with E-state index in [1.807, 2.05) is 78.9 Å². The van der Waals surface area contributed by atoms with Gasteiger partial charge in [0, 0.05) is 26.2 Å². The van der Waals surface area contributed by atoms with Crippen LogP contribution in [0.15, 0.2) is 121 Å². The van der Waals surface area contributed by atoms with Gasteiger partial charge in [-0.15, -0.1) is 33.7 Å². The van der Waals surface area contributed by atoms with E-state index in [-0.39, 0.29) is 31.6 Å². The van der Waals surface area contributed by atoms with E-state index in [4.69, 9.17) is 5.11 Å². The molecule has 8 nitrogen and oxygen atoms in total. The van der Waals surface area contributed by atoms with Gasteiger partial charge in [0.1, 0.15) is 11.0 Å². The zero-order valence-electron chi connectivity index (χ0n) is 22.8. The SMILES string of the molecule is CC(=O)C=C(C)O.[Ir].[c-]1ccc2ccccc2c1-n1nc2ccccc2n1.[c-]1ccc2ccccc2c1-n1nccn1. The van der Waals surface area contributed by atoms with E-state index >= 15 is 0 Å². The average molecular weight is 731 g/mol. The molecule has 0 amide bonds. The van der Waals surface area contributed by atoms with Gasteiger partial charge < -0.3 is 5.11 Å². The molecular weight excluding hydrogens is 705 g/mol. The number of benzene rings is 5. The van der Waals surface area contributed by atoms with Gasteiger partial charge in [-0.25, -0.2) is 0 Å². The molecule has 2 aromatic heterocycles. The zero-order chi connectivity index (χ0) is 28.6. The van der Waals surface area contributed by atoms with Crippen molar-refractivity contribution in [2.24, 2.45) is 0 Å². The fourth-order valence-corrected chi connectivity index (χ4v) is 4.21. The minimum atomic E-state index is -0.125. The molecule has 42 heavy (non-hydrogen) atoms. The number of nitrogens with zero attached hydrogens (tertiary/aromatic N) is 6. The average Bonchev–Trinajstić information content (AvgIpc) is 3.67. The molecule has 0 saturated carbocycles. The van der Waals surface area contributed by atoms with Gasteiger partial charge in [0.2, 0.25) is 0 Å². The first-order valence-electron chi connectivity index (χ1n) is 12.9. The van der Waals surface area contributed by atoms with Crippen LogP contribution in [0.4, 0.5) is 0 Å². The summed E-state index contributed by atoms with van der Waals surface area (Å²) < 4.78 is 0. The number of rotatable bonds is 3. The van der Waals surface area contributed by atoms with Crippen molar-refractivity contribution in [2.75, 3.05) is 0 Å². The van der Waals surface area contributed by atoms with Crippen molar-refractivity contribution < 1.29 is 30.0 Å². The number of carbonyl (C=O) groups is 1. The monoisotopic (exact) mass is 731 g/mol. The summed E-state index contributed by atoms with van der Waals surface area (Å²) >= 11 is 0. The summed E-state index contributed by atoms with van der Waals surface area (Å²) in [6, 6.07) is 38.4. The number of aromatic nitrogens is 6. The Bertz CT molecular complexity index is 1920. The van der Waals surface area contributed by atoms with Crippen LogP contribution in [0.2, 0.25) is 0 Å². The van der Waals surface area contributed by atoms with Gasteiger partial charge in [-0.3, -0.25) is 4.79 Å². The molecular formula is C33H26IrN6O2-2. The Morgan fingerprint density at radius 3 is 1.60 bits per heavy atom. The first-order chi connectivity index (χ1) is 20.0. The first kappa shape index (κ1) is 30.0. The quantitative estimate of drug-likeness (QED) is 0.125. The van der Waals surface area contributed by atoms with Gasteiger partial charge in [-0.1, -0.05) is 48.5 Å². The van der Waals surface area contributed by atoms with Crippen LogP contribution >= 0.6 is 0 Å². The third-order valence-corrected chi connectivity index (χ3v) is 5.92. The van der Waals surface area contributed by atoms with E-state index in [0.29, 0.717) is 0 Å². The van der Waals surface area contributed by atoms with Crippen LogP contribution in [0.5, 0.6) is 0 Å². The molecule has 0 aliphatic heterocycles. The normalized spacial score (nSPS) is 10.8. The molecule has 7 aromatic rings. The molecule has 211 valence electrons. The molecule has 9 heteroatoms. The summed E-state index contributed by atoms with van der Waals surface area (Å²) in [5.41, 5.74) is 3.56. The van der Waals surface area contributed by atoms with Gasteiger partial charge in [0.05, 0.1) is 18.2 Å². The molecule has 0 fully saturated rings. The van der Waals surface area contributed by atoms with E-state index in [9.17, 15) is 4.79 Å². The first-order valence-corrected chi connectivity index (χ1v) is 12.9. The van der Waals surface area contributed by atoms with Crippen LogP contribution in [0.1, 0.15) is 13.8 Å². The van der Waals surface area contributed by atoms with Gasteiger partial charge in [-0.05, 0) is 37.4 Å². The minimum Gasteiger partial charge on any atom is -0.512 e. The van der Waals surface area contributed by atoms with Crippen molar-refractivity contribution in [2.45, 2.75) is 13.8 Å². The van der Waals surface area contributed by atoms with Crippen molar-refractivity contribution in [1.82, 2.24) is 30.0 Å². The van der Waals surface area contributed by atoms with Crippen molar-refractivity contribution in [1.29, 1.82) is 0 Å². The molecule has 1 radical (unpaired) electrons. The molecule has 5 aromatic carbocycles. The Kier molecular flexibility index (Phi) is 10.1. The molecule has 0 spiro atoms. The maximum Gasteiger partial charge on any atom is 0.155 e. The summed E-state index contributed by atoms with van der Waals surface area (Å²) in [6.45, 7) is 2.85. The van der Waals surface area contributed by atoms with Crippen LogP contribution in [0, 0.1) is 12.1 Å². The fraction of sp³-hybridized carbons (Fsp3) is 0.0606. The zero-order valence-corrected chi connectivity index (χ0v) is 25.2. The van der Waals surface area contributed by atoms with Crippen molar-refractivity contribution in [3.05, 3.63) is 133 Å². The van der Waals surface area contributed by atoms with Crippen LogP contribution in [-0.4, -0.2) is 40.9 Å². The van der Waals surface area contributed by atoms with Crippen LogP contribution < -0.4 is 0 Å². The number of hydrogen-bond donors (Lipinski definition) is 1. The van der Waals surface area contributed by atoms with E-state index in [2.05, 4.69) is 50.7 Å². The Labute approximate surface area is 256 Å². The van der Waals surface area contributed by atoms with E-state index in [1.54, 1.807) is 22.0 Å². The Balaban J connectivity index is 0.000000158. The number of allylic oxidation sites excluding steroid dienone is 2. The summed E-state index contributed by atoms with van der Waals surface area (Å²) in [5, 5.41) is 30.1. The maximum absolute atomic E-state index is 10.0. The van der Waals surface area contributed by atoms with Crippen LogP contribution in [0.3, 0.4) is 0 Å². The summed E-state index contributed by atoms with van der Waals surface area (Å²) in [5.74, 6) is -0.0625. The smallest absolute Gasteiger partial charge is 0.155 e. The second-order valence-corrected chi connectivity index (χ2v) is 9.02. The predicted octanol–water partition coefficient (Wildman–Crippen LogP) is 6.63. The molecule has 0 saturated heterocycles. The maximum atomic E-state index is 10.0. The molecule has 2 heterocycles. The third-order valence-electron chi connectivity index (χ3n) is 5.92. The minimum absolute atomic E-state index is 0. The van der Waals surface area contributed by atoms with Gasteiger partial charge in [0.15, 0.2) is 5.78 Å². The molecule has 0 bridgehead atoms. The number of carbonyl (C=O) groups excluding carboxylic acids is 1. The topological polar surface area (TPSA) is 98.7 Å². The summed E-state index contributed by atoms with van der Waals surface area (Å²) in [7, 11) is 0. The van der Waals surface area contributed by atoms with E-state index < -0.39 is 0 Å². The second-order valence-electron chi connectivity index (χ2n) is 9.02. The van der Waals surface area contributed by atoms with Crippen LogP contribution in [0.25, 0.3) is 44.0 Å². The molecule has 7 rings (SSSR count). The Morgan fingerprint density at radius 2 is 1.14 bits per heavy atom. The van der Waals surface area contributed by atoms with E-state index in [1.165, 1.54) is 25.3 Å². The Hall–Kier alpha value is -4.98. The molecule has 0 aliphatic rings. The van der Waals surface area contributed by atoms with Crippen molar-refractivity contribution >= 4 is 38.4 Å². The standard InChI is InChI=1S/C16H10N3.C12H8N3.C5H8O2.Ir/c1-2-8-13-12(6-1)7-5-11-16(13)19-17-14-9-3-4-10-15(14)18-19;1-2-6-11-10(4-1)5-3-7-12(11)15-13-8-9-14-15;1-4(6)3-5(2)7;/h1-10H;1-6,8-9H;3,6H,1-2H3;/q2*-1;;. The third kappa shape index (κ3) is 7.20. The Morgan fingerprint density at radius 1 is 0.690 bits per heavy atom. The number of hydrogen-bond acceptors (Lipinski definition) is 6. The molecule has 1 N–H and O–H groups in total. The molecule has 0 aliphatic carbocycles. The summed E-state index contributed by atoms with van der Waals surface area (Å²) in [4.78, 5) is 13.3. The second kappa shape index (κ2) is 14.1. The van der Waals surface area contributed by atoms with Crippen molar-refractivity contribution in [3.8, 4) is 11.4 Å². The fourth-order valence-electron chi connectivity index (χ4n) is 4.21. The van der Waals surface area contributed by atoms with Gasteiger partial charge in [-0.2, -0.15) is 66.4 Å². The van der Waals surface area contributed by atoms with E-state index in [0.717, 1.165) is 38.6 Å². The molecule has 0 unspecified atom stereocenters. The number of aliphatic hydroxyl groups excluding tert-OH is 1. The van der Waals surface area contributed by atoms with Crippen LogP contribution in [-0.2, 0) is 24.9 Å². The number of fused-ring (bicyclic) bond motifs is 3. The number of aliphatic hydroxyl groups is 1. The number of ketones is 1. The van der Waals surface area contributed by atoms with Crippen molar-refractivity contribution in [3.63, 3.8) is 0 Å². The summed E-state index contributed by atoms with van der Waals surface area (Å²) in [6.07, 6.45) is 4.49. The largest absolute Gasteiger partial charge is 0.512 e. The van der Waals surface area contributed by atoms with Gasteiger partial charge >= 0.3 is 0 Å².